The molecule has 152 valence electrons. The van der Waals surface area contributed by atoms with E-state index >= 15 is 0 Å². The van der Waals surface area contributed by atoms with Crippen LogP contribution in [0.1, 0.15) is 30.5 Å². The maximum Gasteiger partial charge on any atom is 0.343 e. The highest BCUT2D eigenvalue weighted by Crippen LogP contribution is 2.25. The van der Waals surface area contributed by atoms with Crippen molar-refractivity contribution in [2.45, 2.75) is 40.3 Å². The molecule has 6 nitrogen and oxygen atoms in total. The number of benzene rings is 1. The number of hydrogen-bond donors (Lipinski definition) is 1. The van der Waals surface area contributed by atoms with E-state index in [1.165, 1.54) is 12.7 Å². The highest BCUT2D eigenvalue weighted by atomic mass is 16.6. The van der Waals surface area contributed by atoms with Gasteiger partial charge in [0, 0.05) is 32.7 Å². The Bertz CT molecular complexity index is 595. The van der Waals surface area contributed by atoms with Crippen LogP contribution in [0.15, 0.2) is 12.1 Å². The van der Waals surface area contributed by atoms with E-state index in [9.17, 15) is 4.79 Å². The first-order valence-corrected chi connectivity index (χ1v) is 9.73. The summed E-state index contributed by atoms with van der Waals surface area (Å²) in [4.78, 5) is 13.8. The summed E-state index contributed by atoms with van der Waals surface area (Å²) in [5.74, 6) is 1.06. The first-order chi connectivity index (χ1) is 12.9. The van der Waals surface area contributed by atoms with Crippen LogP contribution < -0.4 is 10.1 Å². The fourth-order valence-electron chi connectivity index (χ4n) is 3.52. The fraction of sp³-hybridized carbons (Fsp3) is 0.667. The van der Waals surface area contributed by atoms with Gasteiger partial charge in [-0.2, -0.15) is 0 Å². The summed E-state index contributed by atoms with van der Waals surface area (Å²) >= 11 is 0. The lowest BCUT2D eigenvalue weighted by molar-refractivity contribution is -0.142. The summed E-state index contributed by atoms with van der Waals surface area (Å²) in [7, 11) is 1.36. The van der Waals surface area contributed by atoms with Crippen LogP contribution in [0.25, 0.3) is 0 Å². The number of nitrogens with one attached hydrogen (secondary N) is 1. The van der Waals surface area contributed by atoms with Crippen LogP contribution in [0.3, 0.4) is 0 Å². The average Bonchev–Trinajstić information content (AvgIpc) is 2.60. The molecule has 1 aliphatic rings. The van der Waals surface area contributed by atoms with Crippen molar-refractivity contribution in [3.63, 3.8) is 0 Å². The standard InChI is InChI=1S/C21H34N2O4/c1-15(2)12-23-6-7-26-19(13-23)11-22-10-18-8-16(3)21(17(4)9-18)27-14-20(24)25-5/h8-9,15,19,22H,6-7,10-14H2,1-5H3. The van der Waals surface area contributed by atoms with Gasteiger partial charge in [-0.25, -0.2) is 4.79 Å². The van der Waals surface area contributed by atoms with Gasteiger partial charge in [-0.05, 0) is 36.5 Å². The second-order valence-electron chi connectivity index (χ2n) is 7.70. The molecule has 6 heteroatoms. The first-order valence-electron chi connectivity index (χ1n) is 9.73. The zero-order valence-electron chi connectivity index (χ0n) is 17.3. The molecule has 0 aliphatic carbocycles. The van der Waals surface area contributed by atoms with Gasteiger partial charge in [-0.3, -0.25) is 4.90 Å². The Kier molecular flexibility index (Phi) is 8.54. The van der Waals surface area contributed by atoms with Gasteiger partial charge in [0.15, 0.2) is 6.61 Å². The molecule has 0 spiro atoms. The summed E-state index contributed by atoms with van der Waals surface area (Å²) in [6, 6.07) is 4.19. The molecule has 1 unspecified atom stereocenters. The van der Waals surface area contributed by atoms with Crippen LogP contribution >= 0.6 is 0 Å². The largest absolute Gasteiger partial charge is 0.481 e. The molecule has 0 aromatic heterocycles. The molecule has 1 heterocycles. The SMILES string of the molecule is COC(=O)COc1c(C)cc(CNCC2CN(CC(C)C)CCO2)cc1C. The van der Waals surface area contributed by atoms with Crippen molar-refractivity contribution >= 4 is 5.97 Å². The van der Waals surface area contributed by atoms with Crippen LogP contribution in [0, 0.1) is 19.8 Å². The van der Waals surface area contributed by atoms with Gasteiger partial charge in [0.25, 0.3) is 0 Å². The number of morpholine rings is 1. The quantitative estimate of drug-likeness (QED) is 0.666. The molecule has 27 heavy (non-hydrogen) atoms. The van der Waals surface area contributed by atoms with Gasteiger partial charge >= 0.3 is 5.97 Å². The topological polar surface area (TPSA) is 60.0 Å². The van der Waals surface area contributed by atoms with Crippen LogP contribution in [0.4, 0.5) is 0 Å². The van der Waals surface area contributed by atoms with E-state index in [2.05, 4.69) is 40.9 Å². The summed E-state index contributed by atoms with van der Waals surface area (Å²) in [6.45, 7) is 14.0. The number of carbonyl (C=O) groups is 1. The van der Waals surface area contributed by atoms with E-state index in [1.807, 2.05) is 13.8 Å². The maximum atomic E-state index is 11.3. The lowest BCUT2D eigenvalue weighted by Crippen LogP contribution is -2.47. The molecule has 0 amide bonds. The molecule has 1 saturated heterocycles. The van der Waals surface area contributed by atoms with E-state index in [0.717, 1.165) is 56.2 Å². The normalized spacial score (nSPS) is 17.9. The smallest absolute Gasteiger partial charge is 0.343 e. The molecule has 0 radical (unpaired) electrons. The zero-order valence-corrected chi connectivity index (χ0v) is 17.3. The van der Waals surface area contributed by atoms with Gasteiger partial charge in [-0.1, -0.05) is 26.0 Å². The Morgan fingerprint density at radius 1 is 1.33 bits per heavy atom. The monoisotopic (exact) mass is 378 g/mol. The van der Waals surface area contributed by atoms with E-state index in [4.69, 9.17) is 9.47 Å². The molecule has 1 aromatic rings. The number of rotatable bonds is 9. The van der Waals surface area contributed by atoms with Gasteiger partial charge in [0.05, 0.1) is 19.8 Å². The van der Waals surface area contributed by atoms with Gasteiger partial charge in [0.2, 0.25) is 0 Å². The number of hydrogen-bond acceptors (Lipinski definition) is 6. The number of ether oxygens (including phenoxy) is 3. The number of nitrogens with zero attached hydrogens (tertiary/aromatic N) is 1. The molecule has 0 saturated carbocycles. The first kappa shape index (κ1) is 21.7. The van der Waals surface area contributed by atoms with Crippen LogP contribution in [-0.2, 0) is 20.8 Å². The van der Waals surface area contributed by atoms with Crippen molar-refractivity contribution in [2.24, 2.45) is 5.92 Å². The molecule has 1 aromatic carbocycles. The number of esters is 1. The second kappa shape index (κ2) is 10.6. The lowest BCUT2D eigenvalue weighted by Gasteiger charge is -2.34. The Hall–Kier alpha value is -1.63. The Balaban J connectivity index is 1.83. The molecule has 1 N–H and O–H groups in total. The third kappa shape index (κ3) is 7.13. The van der Waals surface area contributed by atoms with E-state index in [-0.39, 0.29) is 18.7 Å². The van der Waals surface area contributed by atoms with Gasteiger partial charge < -0.3 is 19.5 Å². The average molecular weight is 379 g/mol. The van der Waals surface area contributed by atoms with Crippen molar-refractivity contribution in [3.8, 4) is 5.75 Å². The zero-order chi connectivity index (χ0) is 19.8. The van der Waals surface area contributed by atoms with Crippen molar-refractivity contribution in [3.05, 3.63) is 28.8 Å². The number of carbonyl (C=O) groups excluding carboxylic acids is 1. The highest BCUT2D eigenvalue weighted by molar-refractivity contribution is 5.71. The van der Waals surface area contributed by atoms with E-state index in [1.54, 1.807) is 0 Å². The minimum Gasteiger partial charge on any atom is -0.481 e. The third-order valence-corrected chi connectivity index (χ3v) is 4.63. The van der Waals surface area contributed by atoms with Crippen molar-refractivity contribution < 1.29 is 19.0 Å². The molecular weight excluding hydrogens is 344 g/mol. The minimum absolute atomic E-state index is 0.0678. The van der Waals surface area contributed by atoms with Crippen molar-refractivity contribution in [2.75, 3.05) is 46.5 Å². The maximum absolute atomic E-state index is 11.3. The van der Waals surface area contributed by atoms with E-state index < -0.39 is 0 Å². The molecule has 1 aliphatic heterocycles. The summed E-state index contributed by atoms with van der Waals surface area (Å²) in [5.41, 5.74) is 3.24. The van der Waals surface area contributed by atoms with Crippen LogP contribution in [0.5, 0.6) is 5.75 Å². The van der Waals surface area contributed by atoms with Crippen molar-refractivity contribution in [1.29, 1.82) is 0 Å². The minimum atomic E-state index is -0.376. The molecule has 1 atom stereocenters. The van der Waals surface area contributed by atoms with Gasteiger partial charge in [-0.15, -0.1) is 0 Å². The Morgan fingerprint density at radius 2 is 2.04 bits per heavy atom. The number of aryl methyl sites for hydroxylation is 2. The predicted octanol–water partition coefficient (Wildman–Crippen LogP) is 2.30. The molecule has 1 fully saturated rings. The molecule has 2 rings (SSSR count). The number of methoxy groups -OCH3 is 1. The molecule has 0 bridgehead atoms. The fourth-order valence-corrected chi connectivity index (χ4v) is 3.52. The molecular formula is C21H34N2O4. The van der Waals surface area contributed by atoms with Crippen LogP contribution in [-0.4, -0.2) is 63.5 Å². The van der Waals surface area contributed by atoms with Crippen LogP contribution in [0.2, 0.25) is 0 Å². The highest BCUT2D eigenvalue weighted by Gasteiger charge is 2.20. The van der Waals surface area contributed by atoms with E-state index in [0.29, 0.717) is 5.92 Å². The third-order valence-electron chi connectivity index (χ3n) is 4.63. The second-order valence-corrected chi connectivity index (χ2v) is 7.70. The summed E-state index contributed by atoms with van der Waals surface area (Å²) in [5, 5.41) is 3.51. The lowest BCUT2D eigenvalue weighted by atomic mass is 10.1. The predicted molar refractivity (Wildman–Crippen MR) is 106 cm³/mol. The van der Waals surface area contributed by atoms with Crippen molar-refractivity contribution in [1.82, 2.24) is 10.2 Å². The van der Waals surface area contributed by atoms with Gasteiger partial charge in [0.1, 0.15) is 5.75 Å². The summed E-state index contributed by atoms with van der Waals surface area (Å²) < 4.78 is 16.1. The Labute approximate surface area is 163 Å². The Morgan fingerprint density at radius 3 is 2.67 bits per heavy atom. The summed E-state index contributed by atoms with van der Waals surface area (Å²) in [6.07, 6.45) is 0.238.